The van der Waals surface area contributed by atoms with Gasteiger partial charge in [-0.05, 0) is 36.8 Å². The van der Waals surface area contributed by atoms with E-state index in [1.165, 1.54) is 5.56 Å². The third-order valence-electron chi connectivity index (χ3n) is 4.10. The van der Waals surface area contributed by atoms with Crippen LogP contribution >= 0.6 is 0 Å². The molecule has 2 heterocycles. The number of carbonyl (C=O) groups is 1. The van der Waals surface area contributed by atoms with Gasteiger partial charge in [0.15, 0.2) is 11.5 Å². The number of anilines is 1. The Bertz CT molecular complexity index is 914. The lowest BCUT2D eigenvalue weighted by molar-refractivity contribution is -0.115. The first-order valence-electron chi connectivity index (χ1n) is 7.95. The Morgan fingerprint density at radius 3 is 2.83 bits per heavy atom. The minimum atomic E-state index is -0.0610. The lowest BCUT2D eigenvalue weighted by atomic mass is 10.1. The summed E-state index contributed by atoms with van der Waals surface area (Å²) in [6, 6.07) is 11.6. The summed E-state index contributed by atoms with van der Waals surface area (Å²) in [5.41, 5.74) is 3.92. The summed E-state index contributed by atoms with van der Waals surface area (Å²) in [6.45, 7) is 3.13. The van der Waals surface area contributed by atoms with Crippen LogP contribution in [0.25, 0.3) is 10.9 Å². The van der Waals surface area contributed by atoms with Crippen molar-refractivity contribution in [2.45, 2.75) is 13.3 Å². The van der Waals surface area contributed by atoms with E-state index >= 15 is 0 Å². The van der Waals surface area contributed by atoms with Crippen LogP contribution in [0.1, 0.15) is 11.1 Å². The van der Waals surface area contributed by atoms with Crippen LogP contribution in [0.3, 0.4) is 0 Å². The molecule has 5 heteroatoms. The largest absolute Gasteiger partial charge is 0.486 e. The first kappa shape index (κ1) is 14.6. The lowest BCUT2D eigenvalue weighted by Crippen LogP contribution is -2.17. The predicted octanol–water partition coefficient (Wildman–Crippen LogP) is 3.43. The minimum absolute atomic E-state index is 0.0610. The van der Waals surface area contributed by atoms with Crippen molar-refractivity contribution in [3.63, 3.8) is 0 Å². The molecule has 3 aromatic rings. The van der Waals surface area contributed by atoms with Gasteiger partial charge in [0.1, 0.15) is 13.2 Å². The smallest absolute Gasteiger partial charge is 0.228 e. The number of benzene rings is 2. The van der Waals surface area contributed by atoms with Gasteiger partial charge < -0.3 is 19.8 Å². The van der Waals surface area contributed by atoms with Gasteiger partial charge in [0.25, 0.3) is 0 Å². The third kappa shape index (κ3) is 2.80. The average Bonchev–Trinajstić information content (AvgIpc) is 2.97. The molecule has 1 aliphatic heterocycles. The predicted molar refractivity (Wildman–Crippen MR) is 92.8 cm³/mol. The number of hydrogen-bond donors (Lipinski definition) is 2. The number of hydrogen-bond acceptors (Lipinski definition) is 3. The van der Waals surface area contributed by atoms with E-state index in [0.29, 0.717) is 36.8 Å². The van der Waals surface area contributed by atoms with Crippen molar-refractivity contribution in [3.8, 4) is 11.5 Å². The van der Waals surface area contributed by atoms with Crippen LogP contribution in [0, 0.1) is 6.92 Å². The van der Waals surface area contributed by atoms with Crippen LogP contribution in [-0.2, 0) is 11.2 Å². The molecule has 0 atom stereocenters. The van der Waals surface area contributed by atoms with E-state index in [9.17, 15) is 4.79 Å². The van der Waals surface area contributed by atoms with Crippen LogP contribution < -0.4 is 14.8 Å². The van der Waals surface area contributed by atoms with Crippen molar-refractivity contribution < 1.29 is 14.3 Å². The third-order valence-corrected chi connectivity index (χ3v) is 4.10. The molecule has 0 aliphatic carbocycles. The van der Waals surface area contributed by atoms with Gasteiger partial charge in [-0.25, -0.2) is 0 Å². The van der Waals surface area contributed by atoms with E-state index < -0.39 is 0 Å². The number of fused-ring (bicyclic) bond motifs is 2. The lowest BCUT2D eigenvalue weighted by Gasteiger charge is -2.19. The second-order valence-corrected chi connectivity index (χ2v) is 5.95. The maximum absolute atomic E-state index is 12.4. The van der Waals surface area contributed by atoms with E-state index in [2.05, 4.69) is 22.4 Å². The fraction of sp³-hybridized carbons (Fsp3) is 0.211. The first-order valence-corrected chi connectivity index (χ1v) is 7.95. The number of rotatable bonds is 3. The van der Waals surface area contributed by atoms with Gasteiger partial charge in [-0.1, -0.05) is 11.6 Å². The van der Waals surface area contributed by atoms with Crippen LogP contribution in [0.5, 0.6) is 11.5 Å². The fourth-order valence-corrected chi connectivity index (χ4v) is 2.94. The monoisotopic (exact) mass is 322 g/mol. The topological polar surface area (TPSA) is 63.4 Å². The Morgan fingerprint density at radius 2 is 1.96 bits per heavy atom. The van der Waals surface area contributed by atoms with Crippen LogP contribution in [0.2, 0.25) is 0 Å². The maximum atomic E-state index is 12.4. The molecule has 122 valence electrons. The number of amides is 1. The summed E-state index contributed by atoms with van der Waals surface area (Å²) >= 11 is 0. The first-order chi connectivity index (χ1) is 11.7. The van der Waals surface area contributed by atoms with E-state index in [4.69, 9.17) is 9.47 Å². The number of H-pyrrole nitrogens is 1. The van der Waals surface area contributed by atoms with Crippen molar-refractivity contribution in [1.82, 2.24) is 4.98 Å². The van der Waals surface area contributed by atoms with Gasteiger partial charge in [0, 0.05) is 28.9 Å². The van der Waals surface area contributed by atoms with E-state index in [-0.39, 0.29) is 5.91 Å². The molecular weight excluding hydrogens is 304 g/mol. The standard InChI is InChI=1S/C19H18N2O3/c1-12-2-4-16-15(8-12)13(11-20-16)9-19(22)21-14-3-5-17-18(10-14)24-7-6-23-17/h2-5,8,10-11,20H,6-7,9H2,1H3,(H,21,22). The minimum Gasteiger partial charge on any atom is -0.486 e. The molecule has 2 N–H and O–H groups in total. The molecule has 5 nitrogen and oxygen atoms in total. The Balaban J connectivity index is 1.51. The molecular formula is C19H18N2O3. The van der Waals surface area contributed by atoms with Gasteiger partial charge in [0.05, 0.1) is 6.42 Å². The average molecular weight is 322 g/mol. The summed E-state index contributed by atoms with van der Waals surface area (Å²) in [5.74, 6) is 1.32. The molecule has 1 aromatic heterocycles. The zero-order valence-corrected chi connectivity index (χ0v) is 13.4. The van der Waals surface area contributed by atoms with Crippen molar-refractivity contribution in [2.75, 3.05) is 18.5 Å². The highest BCUT2D eigenvalue weighted by atomic mass is 16.6. The molecule has 0 bridgehead atoms. The van der Waals surface area contributed by atoms with Gasteiger partial charge in [-0.3, -0.25) is 4.79 Å². The normalized spacial score (nSPS) is 13.0. The van der Waals surface area contributed by atoms with Crippen molar-refractivity contribution in [1.29, 1.82) is 0 Å². The number of nitrogens with one attached hydrogen (secondary N) is 2. The molecule has 1 aliphatic rings. The summed E-state index contributed by atoms with van der Waals surface area (Å²) in [5, 5.41) is 4.01. The molecule has 0 unspecified atom stereocenters. The van der Waals surface area contributed by atoms with Crippen molar-refractivity contribution in [2.24, 2.45) is 0 Å². The highest BCUT2D eigenvalue weighted by Gasteiger charge is 2.14. The van der Waals surface area contributed by atoms with Crippen molar-refractivity contribution in [3.05, 3.63) is 53.7 Å². The summed E-state index contributed by atoms with van der Waals surface area (Å²) in [6.07, 6.45) is 2.21. The van der Waals surface area contributed by atoms with E-state index in [1.54, 1.807) is 6.07 Å². The number of aryl methyl sites for hydroxylation is 1. The fourth-order valence-electron chi connectivity index (χ4n) is 2.94. The molecule has 1 amide bonds. The van der Waals surface area contributed by atoms with Gasteiger partial charge >= 0.3 is 0 Å². The zero-order valence-electron chi connectivity index (χ0n) is 13.4. The Kier molecular flexibility index (Phi) is 3.61. The van der Waals surface area contributed by atoms with Gasteiger partial charge in [0.2, 0.25) is 5.91 Å². The molecule has 4 rings (SSSR count). The number of aromatic nitrogens is 1. The number of ether oxygens (including phenoxy) is 2. The summed E-state index contributed by atoms with van der Waals surface area (Å²) in [4.78, 5) is 15.6. The zero-order chi connectivity index (χ0) is 16.5. The summed E-state index contributed by atoms with van der Waals surface area (Å²) in [7, 11) is 0. The Labute approximate surface area is 139 Å². The van der Waals surface area contributed by atoms with Gasteiger partial charge in [-0.15, -0.1) is 0 Å². The summed E-state index contributed by atoms with van der Waals surface area (Å²) < 4.78 is 11.0. The van der Waals surface area contributed by atoms with Gasteiger partial charge in [-0.2, -0.15) is 0 Å². The molecule has 0 saturated heterocycles. The maximum Gasteiger partial charge on any atom is 0.228 e. The van der Waals surface area contributed by atoms with E-state index in [1.807, 2.05) is 31.3 Å². The van der Waals surface area contributed by atoms with Crippen molar-refractivity contribution >= 4 is 22.5 Å². The highest BCUT2D eigenvalue weighted by Crippen LogP contribution is 2.32. The molecule has 24 heavy (non-hydrogen) atoms. The second kappa shape index (κ2) is 5.92. The molecule has 0 fully saturated rings. The second-order valence-electron chi connectivity index (χ2n) is 5.95. The van der Waals surface area contributed by atoms with E-state index in [0.717, 1.165) is 16.5 Å². The number of aromatic amines is 1. The molecule has 0 radical (unpaired) electrons. The molecule has 2 aromatic carbocycles. The van der Waals surface area contributed by atoms with Crippen LogP contribution in [0.4, 0.5) is 5.69 Å². The van der Waals surface area contributed by atoms with Crippen LogP contribution in [-0.4, -0.2) is 24.1 Å². The molecule has 0 saturated carbocycles. The Hall–Kier alpha value is -2.95. The molecule has 0 spiro atoms. The quantitative estimate of drug-likeness (QED) is 0.776. The Morgan fingerprint density at radius 1 is 1.12 bits per heavy atom. The van der Waals surface area contributed by atoms with Crippen LogP contribution in [0.15, 0.2) is 42.6 Å². The number of carbonyl (C=O) groups excluding carboxylic acids is 1. The SMILES string of the molecule is Cc1ccc2[nH]cc(CC(=O)Nc3ccc4c(c3)OCCO4)c2c1. The highest BCUT2D eigenvalue weighted by molar-refractivity contribution is 5.96.